The highest BCUT2D eigenvalue weighted by Gasteiger charge is 2.09. The number of rotatable bonds is 6. The molecule has 1 aromatic carbocycles. The van der Waals surface area contributed by atoms with Gasteiger partial charge in [0.2, 0.25) is 0 Å². The van der Waals surface area contributed by atoms with Crippen LogP contribution in [0, 0.1) is 0 Å². The van der Waals surface area contributed by atoms with Gasteiger partial charge in [0.15, 0.2) is 11.5 Å². The Balaban J connectivity index is 0. The predicted octanol–water partition coefficient (Wildman–Crippen LogP) is 5.35. The fraction of sp³-hybridized carbons (Fsp3) is 0.381. The first-order valence-electron chi connectivity index (χ1n) is 8.65. The molecule has 4 nitrogen and oxygen atoms in total. The van der Waals surface area contributed by atoms with Crippen LogP contribution in [0.2, 0.25) is 0 Å². The van der Waals surface area contributed by atoms with Gasteiger partial charge in [-0.1, -0.05) is 38.6 Å². The summed E-state index contributed by atoms with van der Waals surface area (Å²) in [4.78, 5) is 4.04. The zero-order valence-corrected chi connectivity index (χ0v) is 16.5. The number of ether oxygens (including phenoxy) is 1. The fourth-order valence-corrected chi connectivity index (χ4v) is 1.74. The van der Waals surface area contributed by atoms with Gasteiger partial charge in [0, 0.05) is 17.8 Å². The van der Waals surface area contributed by atoms with E-state index in [-0.39, 0.29) is 5.75 Å². The fourth-order valence-electron chi connectivity index (χ4n) is 1.74. The molecule has 1 rings (SSSR count). The van der Waals surface area contributed by atoms with E-state index < -0.39 is 0 Å². The minimum Gasteiger partial charge on any atom is -0.504 e. The molecule has 0 saturated heterocycles. The first-order valence-corrected chi connectivity index (χ1v) is 8.65. The minimum absolute atomic E-state index is 0.156. The quantitative estimate of drug-likeness (QED) is 0.539. The molecule has 0 aliphatic rings. The largest absolute Gasteiger partial charge is 0.504 e. The average molecular weight is 347 g/mol. The standard InChI is InChI=1S/C13H17NO2.C6H11N.C2H6/c1-3-16-13-11(7-4-8-12(13)15)10(2)6-5-9-14;1-4-6(3)7-5-2;1-2/h4-9,15H,3,14H2,1-2H3;4H,1,5H2,2-3H3;1-2H3/b9-5+,10-6+;;. The lowest BCUT2D eigenvalue weighted by molar-refractivity contribution is 0.317. The van der Waals surface area contributed by atoms with E-state index in [1.165, 1.54) is 6.20 Å². The van der Waals surface area contributed by atoms with Crippen molar-refractivity contribution in [2.75, 3.05) is 13.2 Å². The van der Waals surface area contributed by atoms with E-state index in [0.29, 0.717) is 12.4 Å². The Morgan fingerprint density at radius 3 is 2.36 bits per heavy atom. The summed E-state index contributed by atoms with van der Waals surface area (Å²) in [6.45, 7) is 16.7. The van der Waals surface area contributed by atoms with Crippen LogP contribution in [0.1, 0.15) is 47.1 Å². The molecule has 0 unspecified atom stereocenters. The lowest BCUT2D eigenvalue weighted by Crippen LogP contribution is -1.95. The van der Waals surface area contributed by atoms with Crippen molar-refractivity contribution in [1.29, 1.82) is 0 Å². The van der Waals surface area contributed by atoms with Crippen LogP contribution in [0.25, 0.3) is 5.57 Å². The molecule has 0 radical (unpaired) electrons. The van der Waals surface area contributed by atoms with E-state index >= 15 is 0 Å². The van der Waals surface area contributed by atoms with Gasteiger partial charge in [-0.25, -0.2) is 0 Å². The maximum absolute atomic E-state index is 9.70. The number of aromatic hydroxyl groups is 1. The molecule has 0 amide bonds. The van der Waals surface area contributed by atoms with Gasteiger partial charge in [-0.2, -0.15) is 0 Å². The molecule has 0 aliphatic carbocycles. The van der Waals surface area contributed by atoms with Crippen LogP contribution in [-0.4, -0.2) is 24.0 Å². The summed E-state index contributed by atoms with van der Waals surface area (Å²) in [7, 11) is 0. The van der Waals surface area contributed by atoms with Crippen LogP contribution < -0.4 is 10.5 Å². The van der Waals surface area contributed by atoms with Gasteiger partial charge >= 0.3 is 0 Å². The van der Waals surface area contributed by atoms with Gasteiger partial charge in [-0.05, 0) is 57.7 Å². The summed E-state index contributed by atoms with van der Waals surface area (Å²) in [5.74, 6) is 0.674. The summed E-state index contributed by atoms with van der Waals surface area (Å²) >= 11 is 0. The van der Waals surface area contributed by atoms with E-state index in [2.05, 4.69) is 11.6 Å². The Kier molecular flexibility index (Phi) is 16.2. The molecule has 4 heteroatoms. The molecule has 3 N–H and O–H groups in total. The average Bonchev–Trinajstić information content (AvgIpc) is 2.64. The number of nitrogens with zero attached hydrogens (tertiary/aromatic N) is 1. The molecule has 0 atom stereocenters. The van der Waals surface area contributed by atoms with Gasteiger partial charge in [-0.3, -0.25) is 4.99 Å². The Hall–Kier alpha value is -2.49. The lowest BCUT2D eigenvalue weighted by Gasteiger charge is -2.11. The SMILES string of the molecule is C=CC(C)=NCC.CC.CCOc1c(O)cccc1/C(C)=C/C=C/N. The van der Waals surface area contributed by atoms with Crippen molar-refractivity contribution in [2.45, 2.75) is 41.5 Å². The molecule has 1 aromatic rings. The summed E-state index contributed by atoms with van der Waals surface area (Å²) in [5, 5.41) is 9.70. The number of para-hydroxylation sites is 1. The molecule has 0 spiro atoms. The highest BCUT2D eigenvalue weighted by Crippen LogP contribution is 2.34. The van der Waals surface area contributed by atoms with Crippen molar-refractivity contribution in [2.24, 2.45) is 10.7 Å². The normalized spacial score (nSPS) is 11.1. The molecule has 140 valence electrons. The molecule has 0 fully saturated rings. The number of hydrogen-bond donors (Lipinski definition) is 2. The van der Waals surface area contributed by atoms with Gasteiger partial charge < -0.3 is 15.6 Å². The van der Waals surface area contributed by atoms with Crippen molar-refractivity contribution in [3.63, 3.8) is 0 Å². The van der Waals surface area contributed by atoms with Gasteiger partial charge in [-0.15, -0.1) is 0 Å². The third kappa shape index (κ3) is 10.8. The van der Waals surface area contributed by atoms with Crippen molar-refractivity contribution in [1.82, 2.24) is 0 Å². The number of benzene rings is 1. The van der Waals surface area contributed by atoms with Crippen LogP contribution in [0.4, 0.5) is 0 Å². The maximum Gasteiger partial charge on any atom is 0.168 e. The Labute approximate surface area is 153 Å². The highest BCUT2D eigenvalue weighted by molar-refractivity contribution is 5.92. The zero-order chi connectivity index (χ0) is 19.7. The van der Waals surface area contributed by atoms with E-state index in [0.717, 1.165) is 23.4 Å². The monoisotopic (exact) mass is 346 g/mol. The van der Waals surface area contributed by atoms with Gasteiger partial charge in [0.05, 0.1) is 6.61 Å². The van der Waals surface area contributed by atoms with Crippen molar-refractivity contribution in [3.8, 4) is 11.5 Å². The number of hydrogen-bond acceptors (Lipinski definition) is 4. The summed E-state index contributed by atoms with van der Waals surface area (Å²) in [5.41, 5.74) is 8.15. The number of allylic oxidation sites excluding steroid dienone is 4. The second-order valence-electron chi connectivity index (χ2n) is 4.64. The molecule has 25 heavy (non-hydrogen) atoms. The van der Waals surface area contributed by atoms with Crippen LogP contribution in [0.15, 0.2) is 54.2 Å². The van der Waals surface area contributed by atoms with Crippen molar-refractivity contribution < 1.29 is 9.84 Å². The molecule has 0 aliphatic heterocycles. The Bertz CT molecular complexity index is 573. The van der Waals surface area contributed by atoms with Gasteiger partial charge in [0.25, 0.3) is 0 Å². The third-order valence-corrected chi connectivity index (χ3v) is 2.87. The predicted molar refractivity (Wildman–Crippen MR) is 111 cm³/mol. The number of phenols is 1. The first-order chi connectivity index (χ1) is 12.0. The zero-order valence-electron chi connectivity index (χ0n) is 16.5. The molecule has 0 bridgehead atoms. The summed E-state index contributed by atoms with van der Waals surface area (Å²) in [6, 6.07) is 5.30. The second-order valence-corrected chi connectivity index (χ2v) is 4.64. The second kappa shape index (κ2) is 16.4. The van der Waals surface area contributed by atoms with Crippen molar-refractivity contribution in [3.05, 3.63) is 54.8 Å². The van der Waals surface area contributed by atoms with Crippen molar-refractivity contribution >= 4 is 11.3 Å². The molecular weight excluding hydrogens is 312 g/mol. The Morgan fingerprint density at radius 2 is 1.92 bits per heavy atom. The van der Waals surface area contributed by atoms with Crippen LogP contribution in [0.3, 0.4) is 0 Å². The molecule has 0 aromatic heterocycles. The molecule has 0 saturated carbocycles. The Morgan fingerprint density at radius 1 is 1.28 bits per heavy atom. The summed E-state index contributed by atoms with van der Waals surface area (Å²) in [6.07, 6.45) is 6.84. The third-order valence-electron chi connectivity index (χ3n) is 2.87. The molecule has 0 heterocycles. The molecular formula is C21H34N2O2. The first kappa shape index (κ1) is 24.8. The minimum atomic E-state index is 0.156. The number of nitrogens with two attached hydrogens (primary N) is 1. The highest BCUT2D eigenvalue weighted by atomic mass is 16.5. The lowest BCUT2D eigenvalue weighted by atomic mass is 10.1. The number of aliphatic imine (C=N–C) groups is 1. The van der Waals surface area contributed by atoms with Crippen LogP contribution in [0.5, 0.6) is 11.5 Å². The maximum atomic E-state index is 9.70. The smallest absolute Gasteiger partial charge is 0.168 e. The van der Waals surface area contributed by atoms with Gasteiger partial charge in [0.1, 0.15) is 0 Å². The summed E-state index contributed by atoms with van der Waals surface area (Å²) < 4.78 is 5.42. The van der Waals surface area contributed by atoms with E-state index in [9.17, 15) is 5.11 Å². The van der Waals surface area contributed by atoms with Crippen LogP contribution >= 0.6 is 0 Å². The van der Waals surface area contributed by atoms with E-state index in [4.69, 9.17) is 10.5 Å². The number of phenolic OH excluding ortho intramolecular Hbond substituents is 1. The van der Waals surface area contributed by atoms with E-state index in [1.807, 2.05) is 53.7 Å². The topological polar surface area (TPSA) is 67.8 Å². The van der Waals surface area contributed by atoms with Crippen LogP contribution in [-0.2, 0) is 0 Å². The van der Waals surface area contributed by atoms with E-state index in [1.54, 1.807) is 24.3 Å².